The van der Waals surface area contributed by atoms with Crippen LogP contribution in [0.3, 0.4) is 0 Å². The van der Waals surface area contributed by atoms with Gasteiger partial charge in [0.25, 0.3) is 5.91 Å². The van der Waals surface area contributed by atoms with Gasteiger partial charge >= 0.3 is 12.1 Å². The molecule has 0 aliphatic carbocycles. The van der Waals surface area contributed by atoms with E-state index in [2.05, 4.69) is 20.0 Å². The second-order valence-corrected chi connectivity index (χ2v) is 9.43. The summed E-state index contributed by atoms with van der Waals surface area (Å²) in [4.78, 5) is 37.7. The van der Waals surface area contributed by atoms with E-state index in [9.17, 15) is 33.0 Å². The molecule has 218 valence electrons. The number of amides is 1. The average Bonchev–Trinajstić information content (AvgIpc) is 3.01. The molecule has 5 aromatic rings. The molecule has 12 heteroatoms. The molecule has 0 atom stereocenters. The summed E-state index contributed by atoms with van der Waals surface area (Å²) in [7, 11) is 0. The number of fused-ring (bicyclic) bond motifs is 1. The van der Waals surface area contributed by atoms with Gasteiger partial charge in [-0.25, -0.2) is 9.78 Å². The van der Waals surface area contributed by atoms with Crippen LogP contribution in [0.4, 0.5) is 13.2 Å². The van der Waals surface area contributed by atoms with Crippen LogP contribution in [0.2, 0.25) is 0 Å². The number of nitrogens with one attached hydrogen (secondary N) is 1. The Morgan fingerprint density at radius 3 is 2.37 bits per heavy atom. The highest BCUT2D eigenvalue weighted by molar-refractivity contribution is 6.06. The lowest BCUT2D eigenvalue weighted by atomic mass is 9.97. The minimum absolute atomic E-state index is 0.0685. The fourth-order valence-electron chi connectivity index (χ4n) is 4.45. The fraction of sp³-hybridized carbons (Fsp3) is 0.129. The molecule has 0 radical (unpaired) electrons. The van der Waals surface area contributed by atoms with Crippen molar-refractivity contribution in [3.63, 3.8) is 0 Å². The number of aliphatic hydroxyl groups excluding tert-OH is 1. The molecule has 0 spiro atoms. The molecule has 3 heterocycles. The third-order valence-electron chi connectivity index (χ3n) is 6.64. The first-order valence-electron chi connectivity index (χ1n) is 12.9. The molecule has 5 rings (SSSR count). The normalized spacial score (nSPS) is 11.4. The van der Waals surface area contributed by atoms with Gasteiger partial charge in [-0.1, -0.05) is 30.3 Å². The quantitative estimate of drug-likeness (QED) is 0.173. The van der Waals surface area contributed by atoms with E-state index < -0.39 is 18.1 Å². The molecule has 43 heavy (non-hydrogen) atoms. The average molecular weight is 589 g/mol. The van der Waals surface area contributed by atoms with Crippen molar-refractivity contribution in [2.75, 3.05) is 0 Å². The van der Waals surface area contributed by atoms with Crippen LogP contribution in [0, 0.1) is 6.92 Å². The molecule has 0 saturated carbocycles. The number of pyridine rings is 3. The van der Waals surface area contributed by atoms with Gasteiger partial charge in [-0.2, -0.15) is 13.2 Å². The van der Waals surface area contributed by atoms with Gasteiger partial charge in [-0.15, -0.1) is 0 Å². The molecule has 0 unspecified atom stereocenters. The second-order valence-electron chi connectivity index (χ2n) is 9.43. The van der Waals surface area contributed by atoms with Crippen LogP contribution >= 0.6 is 0 Å². The highest BCUT2D eigenvalue weighted by Gasteiger charge is 2.41. The van der Waals surface area contributed by atoms with E-state index in [1.165, 1.54) is 36.7 Å². The number of aryl methyl sites for hydroxylation is 1. The van der Waals surface area contributed by atoms with Crippen LogP contribution in [0.15, 0.2) is 79.1 Å². The van der Waals surface area contributed by atoms with Crippen molar-refractivity contribution in [3.05, 3.63) is 102 Å². The number of ether oxygens (including phenoxy) is 1. The Morgan fingerprint density at radius 1 is 0.977 bits per heavy atom. The predicted molar refractivity (Wildman–Crippen MR) is 150 cm³/mol. The standard InChI is InChI=1S/C31H23F3N4O5/c1-17-28(40)24(20(16-39)14-36-17)15-37-29(41)27-23-13-22(18-5-3-2-4-6-18)26(38-25(23)11-12-35-27)19-7-9-21(10-8-19)43-30(42)31(32,33)34/h2-14,39-40H,15-16H2,1H3,(H,37,41). The topological polar surface area (TPSA) is 135 Å². The number of hydrogen-bond donors (Lipinski definition) is 3. The molecule has 2 aromatic carbocycles. The molecule has 0 saturated heterocycles. The number of benzene rings is 2. The van der Waals surface area contributed by atoms with E-state index >= 15 is 0 Å². The van der Waals surface area contributed by atoms with Gasteiger partial charge in [0.15, 0.2) is 0 Å². The Kier molecular flexibility index (Phi) is 8.04. The zero-order valence-electron chi connectivity index (χ0n) is 22.5. The largest absolute Gasteiger partial charge is 0.506 e. The highest BCUT2D eigenvalue weighted by Crippen LogP contribution is 2.35. The number of rotatable bonds is 7. The number of hydrogen-bond acceptors (Lipinski definition) is 8. The first-order chi connectivity index (χ1) is 20.6. The van der Waals surface area contributed by atoms with Gasteiger partial charge in [0, 0.05) is 46.6 Å². The summed E-state index contributed by atoms with van der Waals surface area (Å²) >= 11 is 0. The van der Waals surface area contributed by atoms with Crippen molar-refractivity contribution >= 4 is 22.8 Å². The van der Waals surface area contributed by atoms with Gasteiger partial charge in [0.05, 0.1) is 23.5 Å². The number of aromatic nitrogens is 3. The zero-order valence-corrected chi connectivity index (χ0v) is 22.5. The maximum absolute atomic E-state index is 13.3. The van der Waals surface area contributed by atoms with E-state index in [1.807, 2.05) is 30.3 Å². The highest BCUT2D eigenvalue weighted by atomic mass is 19.4. The van der Waals surface area contributed by atoms with Crippen molar-refractivity contribution in [1.82, 2.24) is 20.3 Å². The van der Waals surface area contributed by atoms with E-state index in [1.54, 1.807) is 19.1 Å². The van der Waals surface area contributed by atoms with E-state index in [-0.39, 0.29) is 30.3 Å². The van der Waals surface area contributed by atoms with Crippen LogP contribution in [-0.2, 0) is 17.9 Å². The van der Waals surface area contributed by atoms with E-state index in [4.69, 9.17) is 4.98 Å². The predicted octanol–water partition coefficient (Wildman–Crippen LogP) is 5.26. The minimum atomic E-state index is -5.13. The molecule has 3 N–H and O–H groups in total. The molecular weight excluding hydrogens is 565 g/mol. The van der Waals surface area contributed by atoms with Crippen LogP contribution in [0.1, 0.15) is 27.3 Å². The molecule has 9 nitrogen and oxygen atoms in total. The lowest BCUT2D eigenvalue weighted by molar-refractivity contribution is -0.189. The smallest absolute Gasteiger partial charge is 0.491 e. The van der Waals surface area contributed by atoms with Crippen LogP contribution in [0.5, 0.6) is 11.5 Å². The third-order valence-corrected chi connectivity index (χ3v) is 6.64. The number of esters is 1. The van der Waals surface area contributed by atoms with Gasteiger partial charge in [0.1, 0.15) is 17.2 Å². The monoisotopic (exact) mass is 588 g/mol. The summed E-state index contributed by atoms with van der Waals surface area (Å²) in [5.41, 5.74) is 3.88. The van der Waals surface area contributed by atoms with Crippen molar-refractivity contribution in [2.45, 2.75) is 26.3 Å². The number of nitrogens with zero attached hydrogens (tertiary/aromatic N) is 3. The Hall–Kier alpha value is -5.36. The number of aromatic hydroxyl groups is 1. The van der Waals surface area contributed by atoms with Crippen molar-refractivity contribution in [2.24, 2.45) is 0 Å². The zero-order chi connectivity index (χ0) is 30.7. The van der Waals surface area contributed by atoms with Crippen LogP contribution in [-0.4, -0.2) is 43.2 Å². The summed E-state index contributed by atoms with van der Waals surface area (Å²) in [6, 6.07) is 18.0. The SMILES string of the molecule is Cc1ncc(CO)c(CNC(=O)c2nccc3nc(-c4ccc(OC(=O)C(F)(F)F)cc4)c(-c4ccccc4)cc23)c1O. The van der Waals surface area contributed by atoms with E-state index in [0.29, 0.717) is 44.5 Å². The van der Waals surface area contributed by atoms with Gasteiger partial charge < -0.3 is 20.3 Å². The van der Waals surface area contributed by atoms with E-state index in [0.717, 1.165) is 5.56 Å². The first kappa shape index (κ1) is 29.1. The molecular formula is C31H23F3N4O5. The molecule has 0 aliphatic rings. The number of carbonyl (C=O) groups excluding carboxylic acids is 2. The number of alkyl halides is 3. The van der Waals surface area contributed by atoms with Crippen molar-refractivity contribution in [3.8, 4) is 33.9 Å². The Bertz CT molecular complexity index is 1830. The Labute approximate surface area is 242 Å². The lowest BCUT2D eigenvalue weighted by Gasteiger charge is -2.15. The van der Waals surface area contributed by atoms with Crippen molar-refractivity contribution in [1.29, 1.82) is 0 Å². The molecule has 0 aliphatic heterocycles. The van der Waals surface area contributed by atoms with Gasteiger partial charge in [-0.05, 0) is 48.9 Å². The Balaban J connectivity index is 1.53. The summed E-state index contributed by atoms with van der Waals surface area (Å²) < 4.78 is 42.3. The molecule has 0 fully saturated rings. The second kappa shape index (κ2) is 11.9. The summed E-state index contributed by atoms with van der Waals surface area (Å²) in [5, 5.41) is 23.3. The van der Waals surface area contributed by atoms with Gasteiger partial charge in [-0.3, -0.25) is 14.8 Å². The maximum Gasteiger partial charge on any atom is 0.491 e. The molecule has 1 amide bonds. The molecule has 0 bridgehead atoms. The van der Waals surface area contributed by atoms with Crippen LogP contribution in [0.25, 0.3) is 33.3 Å². The maximum atomic E-state index is 13.3. The first-order valence-corrected chi connectivity index (χ1v) is 12.9. The van der Waals surface area contributed by atoms with Gasteiger partial charge in [0.2, 0.25) is 0 Å². The minimum Gasteiger partial charge on any atom is -0.506 e. The lowest BCUT2D eigenvalue weighted by Crippen LogP contribution is -2.27. The number of carbonyl (C=O) groups is 2. The molecule has 3 aromatic heterocycles. The summed E-state index contributed by atoms with van der Waals surface area (Å²) in [6.45, 7) is 1.13. The number of aliphatic hydroxyl groups is 1. The number of halogens is 3. The van der Waals surface area contributed by atoms with Crippen molar-refractivity contribution < 1.29 is 37.7 Å². The fourth-order valence-corrected chi connectivity index (χ4v) is 4.45. The summed E-state index contributed by atoms with van der Waals surface area (Å²) in [6.07, 6.45) is -2.28. The third kappa shape index (κ3) is 6.14. The summed E-state index contributed by atoms with van der Waals surface area (Å²) in [5.74, 6) is -3.28. The van der Waals surface area contributed by atoms with Crippen LogP contribution < -0.4 is 10.1 Å². The Morgan fingerprint density at radius 2 is 1.70 bits per heavy atom.